The van der Waals surface area contributed by atoms with E-state index in [1.807, 2.05) is 6.92 Å². The second kappa shape index (κ2) is 6.69. The van der Waals surface area contributed by atoms with Gasteiger partial charge in [0.15, 0.2) is 0 Å². The first-order valence-electron chi connectivity index (χ1n) is 5.85. The van der Waals surface area contributed by atoms with Gasteiger partial charge in [-0.1, -0.05) is 23.7 Å². The zero-order valence-corrected chi connectivity index (χ0v) is 12.5. The van der Waals surface area contributed by atoms with Crippen molar-refractivity contribution in [1.82, 2.24) is 0 Å². The molecule has 1 aromatic carbocycles. The van der Waals surface area contributed by atoms with Gasteiger partial charge in [-0.2, -0.15) is 0 Å². The first kappa shape index (κ1) is 15.7. The fourth-order valence-corrected chi connectivity index (χ4v) is 3.35. The highest BCUT2D eigenvalue weighted by Gasteiger charge is 2.33. The van der Waals surface area contributed by atoms with E-state index in [-0.39, 0.29) is 13.2 Å². The van der Waals surface area contributed by atoms with Gasteiger partial charge in [-0.3, -0.25) is 4.57 Å². The maximum Gasteiger partial charge on any atom is 0.351 e. The Balaban J connectivity index is 3.05. The number of hydrogen-bond acceptors (Lipinski definition) is 4. The van der Waals surface area contributed by atoms with Gasteiger partial charge in [-0.25, -0.2) is 0 Å². The van der Waals surface area contributed by atoms with Crippen molar-refractivity contribution < 1.29 is 13.6 Å². The van der Waals surface area contributed by atoms with Gasteiger partial charge in [-0.05, 0) is 38.0 Å². The minimum Gasteiger partial charge on any atom is -0.314 e. The first-order chi connectivity index (χ1) is 8.44. The van der Waals surface area contributed by atoms with Crippen LogP contribution in [0, 0.1) is 6.92 Å². The molecule has 6 heteroatoms. The topological polar surface area (TPSA) is 61.5 Å². The molecule has 0 saturated carbocycles. The smallest absolute Gasteiger partial charge is 0.314 e. The number of nitrogens with two attached hydrogens (primary N) is 1. The summed E-state index contributed by atoms with van der Waals surface area (Å²) in [6, 6.07) is 5.27. The van der Waals surface area contributed by atoms with Crippen LogP contribution in [-0.2, 0) is 13.6 Å². The Morgan fingerprint density at radius 2 is 1.89 bits per heavy atom. The lowest BCUT2D eigenvalue weighted by atomic mass is 10.1. The normalized spacial score (nSPS) is 13.6. The van der Waals surface area contributed by atoms with Crippen LogP contribution in [0.2, 0.25) is 5.02 Å². The Kier molecular flexibility index (Phi) is 5.83. The third kappa shape index (κ3) is 3.56. The van der Waals surface area contributed by atoms with E-state index in [9.17, 15) is 4.57 Å². The van der Waals surface area contributed by atoms with Crippen molar-refractivity contribution in [2.24, 2.45) is 5.73 Å². The molecule has 0 aliphatic carbocycles. The second-order valence-electron chi connectivity index (χ2n) is 3.83. The molecule has 0 aliphatic heterocycles. The van der Waals surface area contributed by atoms with Crippen molar-refractivity contribution >= 4 is 19.2 Å². The molecule has 2 N–H and O–H groups in total. The standard InChI is InChI=1S/C12H19ClNO3P/c1-4-16-18(15,17-5-2)12(14)10-6-7-11(13)9(3)8-10/h6-8,12H,4-5,14H2,1-3H3/t12-/m1/s1. The third-order valence-electron chi connectivity index (χ3n) is 2.48. The summed E-state index contributed by atoms with van der Waals surface area (Å²) >= 11 is 5.95. The highest BCUT2D eigenvalue weighted by Crippen LogP contribution is 2.58. The molecule has 1 atom stereocenters. The molecule has 1 rings (SSSR count). The van der Waals surface area contributed by atoms with Crippen LogP contribution in [-0.4, -0.2) is 13.2 Å². The zero-order chi connectivity index (χ0) is 13.8. The molecule has 0 heterocycles. The number of aryl methyl sites for hydroxylation is 1. The third-order valence-corrected chi connectivity index (χ3v) is 5.12. The van der Waals surface area contributed by atoms with Crippen LogP contribution in [0.4, 0.5) is 0 Å². The lowest BCUT2D eigenvalue weighted by Crippen LogP contribution is -2.15. The Bertz CT molecular complexity index is 443. The van der Waals surface area contributed by atoms with E-state index in [1.54, 1.807) is 32.0 Å². The van der Waals surface area contributed by atoms with E-state index >= 15 is 0 Å². The van der Waals surface area contributed by atoms with E-state index in [0.717, 1.165) is 5.56 Å². The molecule has 4 nitrogen and oxygen atoms in total. The maximum atomic E-state index is 12.5. The number of benzene rings is 1. The molecule has 0 aliphatic rings. The average Bonchev–Trinajstić information content (AvgIpc) is 2.32. The van der Waals surface area contributed by atoms with Crippen molar-refractivity contribution in [3.05, 3.63) is 34.3 Å². The lowest BCUT2D eigenvalue weighted by Gasteiger charge is -2.23. The van der Waals surface area contributed by atoms with E-state index in [1.165, 1.54) is 0 Å². The summed E-state index contributed by atoms with van der Waals surface area (Å²) in [5.74, 6) is -0.798. The van der Waals surface area contributed by atoms with Gasteiger partial charge in [0, 0.05) is 5.02 Å². The minimum atomic E-state index is -3.33. The van der Waals surface area contributed by atoms with E-state index in [2.05, 4.69) is 0 Å². The molecule has 0 bridgehead atoms. The highest BCUT2D eigenvalue weighted by atomic mass is 35.5. The number of rotatable bonds is 6. The van der Waals surface area contributed by atoms with Crippen LogP contribution in [0.5, 0.6) is 0 Å². The fourth-order valence-electron chi connectivity index (χ4n) is 1.59. The summed E-state index contributed by atoms with van der Waals surface area (Å²) in [5.41, 5.74) is 7.58. The average molecular weight is 292 g/mol. The van der Waals surface area contributed by atoms with Crippen LogP contribution in [0.15, 0.2) is 18.2 Å². The number of hydrogen-bond donors (Lipinski definition) is 1. The van der Waals surface area contributed by atoms with E-state index in [4.69, 9.17) is 26.4 Å². The summed E-state index contributed by atoms with van der Waals surface area (Å²) in [6.07, 6.45) is 0. The van der Waals surface area contributed by atoms with Crippen LogP contribution in [0.3, 0.4) is 0 Å². The van der Waals surface area contributed by atoms with Gasteiger partial charge in [0.1, 0.15) is 5.78 Å². The molecule has 18 heavy (non-hydrogen) atoms. The summed E-state index contributed by atoms with van der Waals surface area (Å²) in [4.78, 5) is 0. The zero-order valence-electron chi connectivity index (χ0n) is 10.9. The fraction of sp³-hybridized carbons (Fsp3) is 0.500. The van der Waals surface area contributed by atoms with Crippen molar-refractivity contribution in [3.63, 3.8) is 0 Å². The minimum absolute atomic E-state index is 0.289. The van der Waals surface area contributed by atoms with Gasteiger partial charge in [0.25, 0.3) is 0 Å². The molecule has 0 spiro atoms. The molecule has 0 aromatic heterocycles. The molecular formula is C12H19ClNO3P. The Morgan fingerprint density at radius 3 is 2.33 bits per heavy atom. The molecule has 0 radical (unpaired) electrons. The number of halogens is 1. The van der Waals surface area contributed by atoms with Crippen LogP contribution < -0.4 is 5.73 Å². The van der Waals surface area contributed by atoms with Crippen molar-refractivity contribution in [3.8, 4) is 0 Å². The molecule has 0 saturated heterocycles. The predicted molar refractivity (Wildman–Crippen MR) is 74.0 cm³/mol. The molecule has 102 valence electrons. The summed E-state index contributed by atoms with van der Waals surface area (Å²) in [5, 5.41) is 0.647. The quantitative estimate of drug-likeness (QED) is 0.808. The van der Waals surface area contributed by atoms with Gasteiger partial charge in [-0.15, -0.1) is 0 Å². The molecular weight excluding hydrogens is 273 g/mol. The van der Waals surface area contributed by atoms with Gasteiger partial charge >= 0.3 is 7.60 Å². The van der Waals surface area contributed by atoms with Crippen molar-refractivity contribution in [1.29, 1.82) is 0 Å². The van der Waals surface area contributed by atoms with Gasteiger partial charge in [0.05, 0.1) is 13.2 Å². The summed E-state index contributed by atoms with van der Waals surface area (Å²) in [6.45, 7) is 5.96. The molecule has 0 fully saturated rings. The summed E-state index contributed by atoms with van der Waals surface area (Å²) < 4.78 is 23.0. The molecule has 0 amide bonds. The predicted octanol–water partition coefficient (Wildman–Crippen LogP) is 3.87. The Morgan fingerprint density at radius 1 is 1.33 bits per heavy atom. The van der Waals surface area contributed by atoms with Crippen molar-refractivity contribution in [2.75, 3.05) is 13.2 Å². The highest BCUT2D eigenvalue weighted by molar-refractivity contribution is 7.54. The Hall–Kier alpha value is -0.380. The van der Waals surface area contributed by atoms with Crippen LogP contribution >= 0.6 is 19.2 Å². The maximum absolute atomic E-state index is 12.5. The molecule has 0 unspecified atom stereocenters. The van der Waals surface area contributed by atoms with E-state index < -0.39 is 13.4 Å². The van der Waals surface area contributed by atoms with E-state index in [0.29, 0.717) is 10.6 Å². The van der Waals surface area contributed by atoms with Gasteiger partial charge < -0.3 is 14.8 Å². The Labute approximate surface area is 113 Å². The first-order valence-corrected chi connectivity index (χ1v) is 7.84. The monoisotopic (exact) mass is 291 g/mol. The second-order valence-corrected chi connectivity index (χ2v) is 6.39. The SMILES string of the molecule is CCOP(=O)(OCC)[C@@H](N)c1ccc(Cl)c(C)c1. The van der Waals surface area contributed by atoms with Gasteiger partial charge in [0.2, 0.25) is 0 Å². The van der Waals surface area contributed by atoms with Crippen LogP contribution in [0.1, 0.15) is 30.8 Å². The lowest BCUT2D eigenvalue weighted by molar-refractivity contribution is 0.212. The van der Waals surface area contributed by atoms with Crippen LogP contribution in [0.25, 0.3) is 0 Å². The molecule has 1 aromatic rings. The van der Waals surface area contributed by atoms with Crippen molar-refractivity contribution in [2.45, 2.75) is 26.6 Å². The summed E-state index contributed by atoms with van der Waals surface area (Å²) in [7, 11) is -3.33. The largest absolute Gasteiger partial charge is 0.351 e.